The van der Waals surface area contributed by atoms with Crippen molar-refractivity contribution in [3.05, 3.63) is 0 Å². The van der Waals surface area contributed by atoms with E-state index in [0.29, 0.717) is 0 Å². The van der Waals surface area contributed by atoms with E-state index in [1.165, 1.54) is 0 Å². The lowest BCUT2D eigenvalue weighted by molar-refractivity contribution is -0.107. The van der Waals surface area contributed by atoms with Gasteiger partial charge in [0.05, 0.1) is 11.2 Å². The molecule has 98 valence electrons. The largest absolute Gasteiger partial charge is 0.387 e. The lowest BCUT2D eigenvalue weighted by Gasteiger charge is -2.31. The van der Waals surface area contributed by atoms with Crippen molar-refractivity contribution in [2.24, 2.45) is 5.73 Å². The van der Waals surface area contributed by atoms with Gasteiger partial charge >= 0.3 is 0 Å². The first-order valence-corrected chi connectivity index (χ1v) is 5.14. The maximum Gasteiger partial charge on any atom is 0.214 e. The molecule has 0 rings (SSSR count). The van der Waals surface area contributed by atoms with Crippen LogP contribution in [0.3, 0.4) is 0 Å². The molecule has 0 saturated heterocycles. The Morgan fingerprint density at radius 3 is 0.824 bits per heavy atom. The zero-order valence-electron chi connectivity index (χ0n) is 12.1. The molecule has 0 aromatic rings. The molecule has 0 amide bonds. The second kappa shape index (κ2) is 11.5. The van der Waals surface area contributed by atoms with Crippen molar-refractivity contribution in [1.82, 2.24) is 0 Å². The number of rotatable bonds is 1. The number of hydrogen-bond donors (Lipinski definition) is 3. The molecule has 0 bridgehead atoms. The monoisotopic (exact) mass is 259 g/mol. The maximum absolute atomic E-state index is 9.10. The van der Waals surface area contributed by atoms with E-state index in [1.807, 2.05) is 20.8 Å². The van der Waals surface area contributed by atoms with Crippen molar-refractivity contribution < 1.29 is 10.2 Å². The number of aliphatic hydroxyl groups is 2. The normalized spacial score (nSPS) is 10.5. The third-order valence-corrected chi connectivity index (χ3v) is 1.50. The first-order chi connectivity index (χ1) is 6.25. The van der Waals surface area contributed by atoms with Crippen molar-refractivity contribution >= 4 is 35.5 Å². The van der Waals surface area contributed by atoms with Gasteiger partial charge in [0.15, 0.2) is 0 Å². The highest BCUT2D eigenvalue weighted by Crippen LogP contribution is 2.19. The molecular formula is C10H25B3ClNO2. The van der Waals surface area contributed by atoms with E-state index in [9.17, 15) is 0 Å². The van der Waals surface area contributed by atoms with Crippen molar-refractivity contribution in [3.63, 3.8) is 0 Å². The molecule has 0 spiro atoms. The SMILES string of the molecule is CC(C)(C)N.CC(C)(O)C(C)(C)O.[B].[B].[B]Cl. The van der Waals surface area contributed by atoms with Crippen LogP contribution in [0.4, 0.5) is 0 Å². The molecule has 0 saturated carbocycles. The summed E-state index contributed by atoms with van der Waals surface area (Å²) in [6.07, 6.45) is 0. The summed E-state index contributed by atoms with van der Waals surface area (Å²) in [7, 11) is 3.97. The first-order valence-electron chi connectivity index (χ1n) is 4.70. The number of halogens is 1. The van der Waals surface area contributed by atoms with Gasteiger partial charge in [-0.05, 0) is 48.5 Å². The molecule has 0 aliphatic carbocycles. The minimum absolute atomic E-state index is 0. The summed E-state index contributed by atoms with van der Waals surface area (Å²) in [6.45, 7) is 12.2. The molecular weight excluding hydrogens is 234 g/mol. The average Bonchev–Trinajstić information content (AvgIpc) is 1.83. The average molecular weight is 259 g/mol. The minimum atomic E-state index is -1.01. The predicted octanol–water partition coefficient (Wildman–Crippen LogP) is 0.819. The van der Waals surface area contributed by atoms with Gasteiger partial charge in [-0.15, -0.1) is 0 Å². The van der Waals surface area contributed by atoms with Crippen molar-refractivity contribution in [2.45, 2.75) is 65.2 Å². The summed E-state index contributed by atoms with van der Waals surface area (Å²) >= 11 is 4.14. The molecule has 17 heavy (non-hydrogen) atoms. The molecule has 7 heteroatoms. The van der Waals surface area contributed by atoms with Gasteiger partial charge in [-0.1, -0.05) is 0 Å². The van der Waals surface area contributed by atoms with Gasteiger partial charge in [0.25, 0.3) is 0 Å². The van der Waals surface area contributed by atoms with E-state index in [1.54, 1.807) is 27.7 Å². The summed E-state index contributed by atoms with van der Waals surface area (Å²) in [6, 6.07) is 0. The quantitative estimate of drug-likeness (QED) is 0.611. The fourth-order valence-corrected chi connectivity index (χ4v) is 0. The second-order valence-corrected chi connectivity index (χ2v) is 5.48. The Morgan fingerprint density at radius 1 is 0.765 bits per heavy atom. The molecule has 0 heterocycles. The molecule has 0 fully saturated rings. The Morgan fingerprint density at radius 2 is 0.824 bits per heavy atom. The molecule has 0 aliphatic heterocycles. The lowest BCUT2D eigenvalue weighted by atomic mass is 9.90. The molecule has 0 aliphatic rings. The summed E-state index contributed by atoms with van der Waals surface area (Å²) in [4.78, 5) is 0. The van der Waals surface area contributed by atoms with Crippen LogP contribution in [0, 0.1) is 0 Å². The summed E-state index contributed by atoms with van der Waals surface area (Å²) in [5.41, 5.74) is 3.34. The van der Waals surface area contributed by atoms with E-state index in [4.69, 9.17) is 15.9 Å². The molecule has 0 unspecified atom stereocenters. The number of hydrogen-bond acceptors (Lipinski definition) is 3. The molecule has 8 radical (unpaired) electrons. The first kappa shape index (κ1) is 30.4. The fraction of sp³-hybridized carbons (Fsp3) is 1.00. The summed E-state index contributed by atoms with van der Waals surface area (Å²) in [5, 5.41) is 18.2. The van der Waals surface area contributed by atoms with E-state index >= 15 is 0 Å². The van der Waals surface area contributed by atoms with Gasteiger partial charge < -0.3 is 15.9 Å². The zero-order valence-corrected chi connectivity index (χ0v) is 12.8. The van der Waals surface area contributed by atoms with Crippen LogP contribution in [0.25, 0.3) is 0 Å². The van der Waals surface area contributed by atoms with Gasteiger partial charge in [-0.2, -0.15) is 0 Å². The van der Waals surface area contributed by atoms with Crippen LogP contribution in [-0.4, -0.2) is 51.0 Å². The van der Waals surface area contributed by atoms with Crippen LogP contribution in [0.1, 0.15) is 48.5 Å². The highest BCUT2D eigenvalue weighted by atomic mass is 35.5. The molecule has 4 N–H and O–H groups in total. The van der Waals surface area contributed by atoms with Gasteiger partial charge in [-0.3, -0.25) is 0 Å². The van der Waals surface area contributed by atoms with Crippen LogP contribution in [0.15, 0.2) is 0 Å². The topological polar surface area (TPSA) is 66.5 Å². The molecule has 0 atom stereocenters. The van der Waals surface area contributed by atoms with E-state index in [2.05, 4.69) is 18.7 Å². The number of nitrogens with two attached hydrogens (primary N) is 1. The zero-order chi connectivity index (χ0) is 13.5. The Balaban J connectivity index is -0.0000000471. The third-order valence-electron chi connectivity index (χ3n) is 1.50. The van der Waals surface area contributed by atoms with E-state index in [0.717, 1.165) is 0 Å². The standard InChI is InChI=1S/C6H14O2.C4H11N.BCl.2B/c1-5(2,7)6(3,4)8;1-4(2,3)5;1-2;;/h7-8H,1-4H3;5H2,1-3H3;;;. The van der Waals surface area contributed by atoms with Crippen LogP contribution < -0.4 is 5.73 Å². The fourth-order valence-electron chi connectivity index (χ4n) is 0. The van der Waals surface area contributed by atoms with Crippen LogP contribution in [0.5, 0.6) is 0 Å². The summed E-state index contributed by atoms with van der Waals surface area (Å²) < 4.78 is 0. The van der Waals surface area contributed by atoms with Gasteiger partial charge in [0.1, 0.15) is 0 Å². The van der Waals surface area contributed by atoms with E-state index in [-0.39, 0.29) is 22.4 Å². The van der Waals surface area contributed by atoms with Crippen molar-refractivity contribution in [2.75, 3.05) is 0 Å². The molecule has 0 aromatic carbocycles. The van der Waals surface area contributed by atoms with Crippen molar-refractivity contribution in [3.8, 4) is 0 Å². The van der Waals surface area contributed by atoms with Gasteiger partial charge in [0, 0.05) is 22.4 Å². The van der Waals surface area contributed by atoms with Crippen LogP contribution in [-0.2, 0) is 0 Å². The Bertz CT molecular complexity index is 133. The van der Waals surface area contributed by atoms with Gasteiger partial charge in [-0.25, -0.2) is 11.5 Å². The maximum atomic E-state index is 9.10. The predicted molar refractivity (Wildman–Crippen MR) is 79.7 cm³/mol. The minimum Gasteiger partial charge on any atom is -0.387 e. The van der Waals surface area contributed by atoms with Crippen LogP contribution in [0.2, 0.25) is 0 Å². The highest BCUT2D eigenvalue weighted by Gasteiger charge is 2.31. The lowest BCUT2D eigenvalue weighted by Crippen LogP contribution is -2.44. The Kier molecular flexibility index (Phi) is 20.5. The Labute approximate surface area is 117 Å². The Hall–Kier alpha value is 0.365. The highest BCUT2D eigenvalue weighted by molar-refractivity contribution is 6.80. The molecule has 0 aromatic heterocycles. The van der Waals surface area contributed by atoms with E-state index < -0.39 is 11.2 Å². The van der Waals surface area contributed by atoms with Crippen molar-refractivity contribution in [1.29, 1.82) is 0 Å². The van der Waals surface area contributed by atoms with Gasteiger partial charge in [0.2, 0.25) is 7.26 Å². The third kappa shape index (κ3) is 38.5. The smallest absolute Gasteiger partial charge is 0.214 e. The van der Waals surface area contributed by atoms with Crippen LogP contribution >= 0.6 is 11.5 Å². The second-order valence-electron chi connectivity index (χ2n) is 5.48. The summed E-state index contributed by atoms with van der Waals surface area (Å²) in [5.74, 6) is 0. The molecule has 3 nitrogen and oxygen atoms in total.